The molecular weight excluding hydrogens is 374 g/mol. The summed E-state index contributed by atoms with van der Waals surface area (Å²) in [6.45, 7) is 0. The molecule has 0 spiro atoms. The standard InChI is InChI=1S/C30H17N/c1-2-11-20-18(9-1)19-10-3-4-13-22(19)28-24(20)17-25-21-12-5-7-15-26(21)31-27-16-8-6-14-23(27)29(28)30(25)31/h1-17H. The lowest BCUT2D eigenvalue weighted by Crippen LogP contribution is -1.84. The third kappa shape index (κ3) is 1.75. The lowest BCUT2D eigenvalue weighted by atomic mass is 9.90. The number of rotatable bonds is 0. The van der Waals surface area contributed by atoms with Crippen LogP contribution in [-0.4, -0.2) is 4.40 Å². The van der Waals surface area contributed by atoms with Gasteiger partial charge in [-0.2, -0.15) is 0 Å². The van der Waals surface area contributed by atoms with E-state index in [1.165, 1.54) is 70.4 Å². The van der Waals surface area contributed by atoms with E-state index in [9.17, 15) is 0 Å². The summed E-state index contributed by atoms with van der Waals surface area (Å²) in [5.74, 6) is 0. The molecule has 8 rings (SSSR count). The first kappa shape index (κ1) is 15.7. The summed E-state index contributed by atoms with van der Waals surface area (Å²) in [4.78, 5) is 0. The molecule has 0 aliphatic carbocycles. The van der Waals surface area contributed by atoms with Gasteiger partial charge in [-0.25, -0.2) is 0 Å². The average Bonchev–Trinajstić information content (AvgIpc) is 3.35. The van der Waals surface area contributed by atoms with Crippen LogP contribution in [-0.2, 0) is 0 Å². The molecule has 1 nitrogen and oxygen atoms in total. The quantitative estimate of drug-likeness (QED) is 0.229. The Hall–Kier alpha value is -4.10. The predicted molar refractivity (Wildman–Crippen MR) is 134 cm³/mol. The highest BCUT2D eigenvalue weighted by atomic mass is 14.9. The minimum absolute atomic E-state index is 1.28. The van der Waals surface area contributed by atoms with Crippen molar-refractivity contribution in [3.8, 4) is 0 Å². The molecule has 2 aromatic heterocycles. The van der Waals surface area contributed by atoms with Gasteiger partial charge in [0.15, 0.2) is 0 Å². The van der Waals surface area contributed by atoms with Crippen molar-refractivity contribution in [3.63, 3.8) is 0 Å². The van der Waals surface area contributed by atoms with Crippen molar-refractivity contribution in [2.45, 2.75) is 0 Å². The van der Waals surface area contributed by atoms with E-state index >= 15 is 0 Å². The SMILES string of the molecule is c1ccc2c(c1)c1ccccc1c1c2cc2c3ccccc3n3c4ccccc4c1c23. The van der Waals surface area contributed by atoms with Crippen LogP contribution in [0, 0.1) is 0 Å². The zero-order valence-corrected chi connectivity index (χ0v) is 16.8. The molecule has 0 aliphatic rings. The zero-order valence-electron chi connectivity index (χ0n) is 16.8. The summed E-state index contributed by atoms with van der Waals surface area (Å²) < 4.78 is 2.47. The molecule has 0 bridgehead atoms. The third-order valence-corrected chi connectivity index (χ3v) is 7.08. The molecule has 0 saturated heterocycles. The Bertz CT molecular complexity index is 1990. The highest BCUT2D eigenvalue weighted by Gasteiger charge is 2.21. The van der Waals surface area contributed by atoms with Crippen molar-refractivity contribution in [1.29, 1.82) is 0 Å². The van der Waals surface area contributed by atoms with E-state index in [0.717, 1.165) is 0 Å². The van der Waals surface area contributed by atoms with Gasteiger partial charge in [-0.3, -0.25) is 0 Å². The Morgan fingerprint density at radius 1 is 0.355 bits per heavy atom. The first-order valence-corrected chi connectivity index (χ1v) is 10.8. The Morgan fingerprint density at radius 2 is 0.839 bits per heavy atom. The van der Waals surface area contributed by atoms with Crippen molar-refractivity contribution < 1.29 is 0 Å². The van der Waals surface area contributed by atoms with E-state index in [4.69, 9.17) is 0 Å². The molecule has 0 amide bonds. The topological polar surface area (TPSA) is 4.41 Å². The van der Waals surface area contributed by atoms with Crippen LogP contribution in [0.1, 0.15) is 0 Å². The van der Waals surface area contributed by atoms with E-state index < -0.39 is 0 Å². The fourth-order valence-corrected chi connectivity index (χ4v) is 5.90. The number of hydrogen-bond acceptors (Lipinski definition) is 0. The Morgan fingerprint density at radius 3 is 1.55 bits per heavy atom. The fraction of sp³-hybridized carbons (Fsp3) is 0. The summed E-state index contributed by atoms with van der Waals surface area (Å²) in [6, 6.07) is 37.9. The largest absolute Gasteiger partial charge is 0.308 e. The molecule has 0 fully saturated rings. The Kier molecular flexibility index (Phi) is 2.70. The second-order valence-corrected chi connectivity index (χ2v) is 8.53. The number of aromatic nitrogens is 1. The number of benzene rings is 6. The molecule has 142 valence electrons. The number of fused-ring (bicyclic) bond motifs is 13. The predicted octanol–water partition coefficient (Wildman–Crippen LogP) is 8.30. The molecule has 0 unspecified atom stereocenters. The van der Waals surface area contributed by atoms with Crippen LogP contribution >= 0.6 is 0 Å². The molecule has 0 saturated carbocycles. The Labute approximate surface area is 178 Å². The lowest BCUT2D eigenvalue weighted by molar-refractivity contribution is 1.37. The summed E-state index contributed by atoms with van der Waals surface area (Å²) in [7, 11) is 0. The number of para-hydroxylation sites is 2. The van der Waals surface area contributed by atoms with Gasteiger partial charge in [-0.15, -0.1) is 0 Å². The molecule has 0 atom stereocenters. The molecule has 31 heavy (non-hydrogen) atoms. The number of hydrogen-bond donors (Lipinski definition) is 0. The second-order valence-electron chi connectivity index (χ2n) is 8.53. The number of nitrogens with zero attached hydrogens (tertiary/aromatic N) is 1. The van der Waals surface area contributed by atoms with Gasteiger partial charge >= 0.3 is 0 Å². The van der Waals surface area contributed by atoms with E-state index in [0.29, 0.717) is 0 Å². The molecule has 6 aromatic carbocycles. The molecule has 2 heterocycles. The lowest BCUT2D eigenvalue weighted by Gasteiger charge is -2.12. The van der Waals surface area contributed by atoms with E-state index in [-0.39, 0.29) is 0 Å². The van der Waals surface area contributed by atoms with Gasteiger partial charge in [0.05, 0.1) is 16.6 Å². The summed E-state index contributed by atoms with van der Waals surface area (Å²) in [6.07, 6.45) is 0. The maximum absolute atomic E-state index is 2.47. The summed E-state index contributed by atoms with van der Waals surface area (Å²) >= 11 is 0. The zero-order chi connectivity index (χ0) is 20.1. The fourth-order valence-electron chi connectivity index (χ4n) is 5.90. The monoisotopic (exact) mass is 391 g/mol. The third-order valence-electron chi connectivity index (χ3n) is 7.08. The van der Waals surface area contributed by atoms with Gasteiger partial charge in [0, 0.05) is 26.9 Å². The summed E-state index contributed by atoms with van der Waals surface area (Å²) in [5.41, 5.74) is 3.91. The van der Waals surface area contributed by atoms with Crippen molar-refractivity contribution in [2.75, 3.05) is 0 Å². The van der Waals surface area contributed by atoms with Crippen LogP contribution in [0.2, 0.25) is 0 Å². The maximum atomic E-state index is 2.47. The van der Waals surface area contributed by atoms with Crippen molar-refractivity contribution in [3.05, 3.63) is 103 Å². The highest BCUT2D eigenvalue weighted by molar-refractivity contribution is 6.39. The van der Waals surface area contributed by atoms with E-state index in [2.05, 4.69) is 108 Å². The smallest absolute Gasteiger partial charge is 0.0627 e. The first-order chi connectivity index (χ1) is 15.4. The van der Waals surface area contributed by atoms with Gasteiger partial charge in [-0.05, 0) is 45.1 Å². The summed E-state index contributed by atoms with van der Waals surface area (Å²) in [5, 5.41) is 13.4. The van der Waals surface area contributed by atoms with Crippen LogP contribution in [0.25, 0.3) is 70.4 Å². The van der Waals surface area contributed by atoms with Gasteiger partial charge in [0.25, 0.3) is 0 Å². The molecule has 0 aliphatic heterocycles. The normalized spacial score (nSPS) is 12.5. The Balaban J connectivity index is 1.87. The molecular formula is C30H17N. The van der Waals surface area contributed by atoms with Crippen LogP contribution in [0.4, 0.5) is 0 Å². The molecule has 8 aromatic rings. The van der Waals surface area contributed by atoms with Crippen LogP contribution in [0.15, 0.2) is 103 Å². The maximum Gasteiger partial charge on any atom is 0.0627 e. The van der Waals surface area contributed by atoms with Crippen molar-refractivity contribution in [1.82, 2.24) is 4.40 Å². The van der Waals surface area contributed by atoms with Gasteiger partial charge in [-0.1, -0.05) is 84.9 Å². The minimum Gasteiger partial charge on any atom is -0.308 e. The first-order valence-electron chi connectivity index (χ1n) is 10.8. The second kappa shape index (κ2) is 5.33. The van der Waals surface area contributed by atoms with Crippen molar-refractivity contribution in [2.24, 2.45) is 0 Å². The van der Waals surface area contributed by atoms with E-state index in [1.54, 1.807) is 0 Å². The van der Waals surface area contributed by atoms with Crippen LogP contribution in [0.3, 0.4) is 0 Å². The highest BCUT2D eigenvalue weighted by Crippen LogP contribution is 2.46. The molecule has 0 radical (unpaired) electrons. The van der Waals surface area contributed by atoms with Crippen LogP contribution < -0.4 is 0 Å². The minimum atomic E-state index is 1.28. The van der Waals surface area contributed by atoms with E-state index in [1.807, 2.05) is 0 Å². The van der Waals surface area contributed by atoms with Gasteiger partial charge in [0.2, 0.25) is 0 Å². The van der Waals surface area contributed by atoms with Gasteiger partial charge in [0.1, 0.15) is 0 Å². The molecule has 0 N–H and O–H groups in total. The van der Waals surface area contributed by atoms with Crippen molar-refractivity contribution >= 4 is 70.4 Å². The average molecular weight is 391 g/mol. The molecule has 1 heteroatoms. The van der Waals surface area contributed by atoms with Crippen LogP contribution in [0.5, 0.6) is 0 Å². The van der Waals surface area contributed by atoms with Gasteiger partial charge < -0.3 is 4.40 Å².